The minimum absolute atomic E-state index is 0.165. The topological polar surface area (TPSA) is 0 Å². The molecule has 0 heterocycles. The number of allylic oxidation sites excluding steroid dienone is 10. The Balaban J connectivity index is 2.25. The van der Waals surface area contributed by atoms with E-state index in [-0.39, 0.29) is 3.42 Å². The monoisotopic (exact) mass is 338 g/mol. The quantitative estimate of drug-likeness (QED) is 0.365. The molecule has 90 valence electrons. The molecule has 1 atom stereocenters. The minimum atomic E-state index is 0.165. The van der Waals surface area contributed by atoms with Gasteiger partial charge in [0.2, 0.25) is 0 Å². The lowest BCUT2D eigenvalue weighted by Gasteiger charge is -2.32. The molecular formula is C16H19I. The third-order valence-corrected chi connectivity index (χ3v) is 4.19. The van der Waals surface area contributed by atoms with Crippen LogP contribution in [0.15, 0.2) is 59.3 Å². The van der Waals surface area contributed by atoms with Crippen molar-refractivity contribution < 1.29 is 0 Å². The van der Waals surface area contributed by atoms with Gasteiger partial charge in [-0.3, -0.25) is 0 Å². The first-order valence-electron chi connectivity index (χ1n) is 6.22. The molecule has 17 heavy (non-hydrogen) atoms. The Morgan fingerprint density at radius 2 is 2.18 bits per heavy atom. The van der Waals surface area contributed by atoms with Crippen LogP contribution < -0.4 is 0 Å². The highest BCUT2D eigenvalue weighted by atomic mass is 127. The Morgan fingerprint density at radius 3 is 2.94 bits per heavy atom. The zero-order chi connectivity index (χ0) is 12.3. The van der Waals surface area contributed by atoms with Gasteiger partial charge in [-0.15, -0.1) is 0 Å². The predicted molar refractivity (Wildman–Crippen MR) is 84.5 cm³/mol. The van der Waals surface area contributed by atoms with E-state index < -0.39 is 0 Å². The van der Waals surface area contributed by atoms with Gasteiger partial charge in [0.05, 0.1) is 3.42 Å². The molecule has 0 spiro atoms. The summed E-state index contributed by atoms with van der Waals surface area (Å²) in [7, 11) is 0. The Morgan fingerprint density at radius 1 is 1.35 bits per heavy atom. The maximum atomic E-state index is 2.56. The highest BCUT2D eigenvalue weighted by Gasteiger charge is 2.29. The first-order chi connectivity index (χ1) is 8.13. The maximum absolute atomic E-state index is 2.56. The molecule has 0 aromatic carbocycles. The summed E-state index contributed by atoms with van der Waals surface area (Å²) in [5.41, 5.74) is 4.62. The molecule has 0 fully saturated rings. The fourth-order valence-electron chi connectivity index (χ4n) is 2.52. The highest BCUT2D eigenvalue weighted by Crippen LogP contribution is 2.42. The number of rotatable bonds is 2. The molecule has 0 radical (unpaired) electrons. The van der Waals surface area contributed by atoms with Gasteiger partial charge >= 0.3 is 0 Å². The molecule has 0 bridgehead atoms. The van der Waals surface area contributed by atoms with E-state index in [4.69, 9.17) is 0 Å². The van der Waals surface area contributed by atoms with E-state index in [9.17, 15) is 0 Å². The molecule has 0 aliphatic heterocycles. The molecule has 0 amide bonds. The first kappa shape index (κ1) is 12.9. The van der Waals surface area contributed by atoms with Crippen molar-refractivity contribution >= 4 is 22.6 Å². The van der Waals surface area contributed by atoms with Crippen LogP contribution in [0.2, 0.25) is 0 Å². The third-order valence-electron chi connectivity index (χ3n) is 3.29. The Labute approximate surface area is 118 Å². The van der Waals surface area contributed by atoms with Gasteiger partial charge in [0.15, 0.2) is 0 Å². The molecule has 1 heteroatoms. The zero-order valence-corrected chi connectivity index (χ0v) is 12.7. The number of alkyl halides is 1. The largest absolute Gasteiger partial charge is 0.0877 e. The van der Waals surface area contributed by atoms with Crippen LogP contribution in [0, 0.1) is 0 Å². The zero-order valence-electron chi connectivity index (χ0n) is 10.5. The van der Waals surface area contributed by atoms with Gasteiger partial charge in [0, 0.05) is 0 Å². The van der Waals surface area contributed by atoms with Gasteiger partial charge in [0.1, 0.15) is 0 Å². The Kier molecular flexibility index (Phi) is 4.08. The van der Waals surface area contributed by atoms with E-state index in [1.807, 2.05) is 0 Å². The van der Waals surface area contributed by atoms with Gasteiger partial charge in [-0.1, -0.05) is 70.7 Å². The van der Waals surface area contributed by atoms with Crippen LogP contribution in [0.3, 0.4) is 0 Å². The molecule has 2 rings (SSSR count). The SMILES string of the molecule is C/C=C\C=C/C1=CC(C)(I)C2=C(CCC=C2)C1. The second kappa shape index (κ2) is 5.38. The Hall–Kier alpha value is -0.570. The first-order valence-corrected chi connectivity index (χ1v) is 7.30. The van der Waals surface area contributed by atoms with E-state index in [1.165, 1.54) is 24.0 Å². The predicted octanol–water partition coefficient (Wildman–Crippen LogP) is 5.29. The van der Waals surface area contributed by atoms with E-state index in [2.05, 4.69) is 79.0 Å². The minimum Gasteiger partial charge on any atom is -0.0877 e. The molecule has 2 aliphatic carbocycles. The average molecular weight is 338 g/mol. The summed E-state index contributed by atoms with van der Waals surface area (Å²) < 4.78 is 0.165. The molecular weight excluding hydrogens is 319 g/mol. The van der Waals surface area contributed by atoms with E-state index in [0.717, 1.165) is 6.42 Å². The summed E-state index contributed by atoms with van der Waals surface area (Å²) >= 11 is 2.56. The summed E-state index contributed by atoms with van der Waals surface area (Å²) in [6.45, 7) is 4.36. The molecule has 2 aliphatic rings. The summed E-state index contributed by atoms with van der Waals surface area (Å²) in [5.74, 6) is 0. The highest BCUT2D eigenvalue weighted by molar-refractivity contribution is 14.1. The van der Waals surface area contributed by atoms with Crippen LogP contribution >= 0.6 is 22.6 Å². The van der Waals surface area contributed by atoms with Crippen LogP contribution in [0.4, 0.5) is 0 Å². The standard InChI is InChI=1S/C16H19I/c1-3-4-5-8-13-11-14-9-6-7-10-15(14)16(2,17)12-13/h3-5,7-8,10,12H,6,9,11H2,1-2H3/b4-3-,8-5-. The molecule has 0 saturated carbocycles. The fourth-order valence-corrected chi connectivity index (χ4v) is 3.49. The smallest absolute Gasteiger partial charge is 0.0626 e. The normalized spacial score (nSPS) is 29.0. The third kappa shape index (κ3) is 3.01. The van der Waals surface area contributed by atoms with Gasteiger partial charge in [0.25, 0.3) is 0 Å². The maximum Gasteiger partial charge on any atom is 0.0626 e. The second-order valence-corrected chi connectivity index (χ2v) is 7.06. The van der Waals surface area contributed by atoms with E-state index >= 15 is 0 Å². The molecule has 0 aromatic rings. The van der Waals surface area contributed by atoms with Gasteiger partial charge in [-0.25, -0.2) is 0 Å². The van der Waals surface area contributed by atoms with Crippen molar-refractivity contribution in [3.63, 3.8) is 0 Å². The van der Waals surface area contributed by atoms with E-state index in [0.29, 0.717) is 0 Å². The van der Waals surface area contributed by atoms with Crippen molar-refractivity contribution in [3.8, 4) is 0 Å². The van der Waals surface area contributed by atoms with E-state index in [1.54, 1.807) is 5.57 Å². The van der Waals surface area contributed by atoms with Crippen LogP contribution in [0.1, 0.15) is 33.1 Å². The average Bonchev–Trinajstić information content (AvgIpc) is 2.29. The summed E-state index contributed by atoms with van der Waals surface area (Å²) in [6.07, 6.45) is 19.2. The van der Waals surface area contributed by atoms with Gasteiger partial charge in [-0.2, -0.15) is 0 Å². The van der Waals surface area contributed by atoms with Gasteiger partial charge < -0.3 is 0 Å². The van der Waals surface area contributed by atoms with Crippen molar-refractivity contribution in [1.82, 2.24) is 0 Å². The number of hydrogen-bond donors (Lipinski definition) is 0. The fraction of sp³-hybridized carbons (Fsp3) is 0.375. The van der Waals surface area contributed by atoms with Gasteiger partial charge in [-0.05, 0) is 44.3 Å². The molecule has 0 saturated heterocycles. The lowest BCUT2D eigenvalue weighted by molar-refractivity contribution is 0.815. The van der Waals surface area contributed by atoms with Crippen LogP contribution in [-0.2, 0) is 0 Å². The van der Waals surface area contributed by atoms with Crippen molar-refractivity contribution in [2.24, 2.45) is 0 Å². The number of hydrogen-bond acceptors (Lipinski definition) is 0. The lowest BCUT2D eigenvalue weighted by Crippen LogP contribution is -2.22. The number of halogens is 1. The van der Waals surface area contributed by atoms with Crippen molar-refractivity contribution in [1.29, 1.82) is 0 Å². The molecule has 0 aromatic heterocycles. The van der Waals surface area contributed by atoms with Crippen molar-refractivity contribution in [2.45, 2.75) is 36.5 Å². The summed E-state index contributed by atoms with van der Waals surface area (Å²) in [6, 6.07) is 0. The second-order valence-electron chi connectivity index (χ2n) is 4.81. The van der Waals surface area contributed by atoms with Crippen LogP contribution in [-0.4, -0.2) is 3.42 Å². The van der Waals surface area contributed by atoms with Crippen LogP contribution in [0.5, 0.6) is 0 Å². The molecule has 1 unspecified atom stereocenters. The van der Waals surface area contributed by atoms with Crippen LogP contribution in [0.25, 0.3) is 0 Å². The molecule has 0 N–H and O–H groups in total. The van der Waals surface area contributed by atoms with Crippen molar-refractivity contribution in [3.05, 3.63) is 59.3 Å². The molecule has 0 nitrogen and oxygen atoms in total. The lowest BCUT2D eigenvalue weighted by atomic mass is 9.80. The summed E-state index contributed by atoms with van der Waals surface area (Å²) in [4.78, 5) is 0. The summed E-state index contributed by atoms with van der Waals surface area (Å²) in [5, 5.41) is 0. The van der Waals surface area contributed by atoms with Crippen molar-refractivity contribution in [2.75, 3.05) is 0 Å². The Bertz CT molecular complexity index is 442.